The van der Waals surface area contributed by atoms with Crippen molar-refractivity contribution in [2.45, 2.75) is 32.2 Å². The van der Waals surface area contributed by atoms with Crippen LogP contribution in [0.5, 0.6) is 0 Å². The number of rotatable bonds is 8. The molecule has 0 saturated carbocycles. The number of anilines is 1. The first-order valence-corrected chi connectivity index (χ1v) is 10.2. The topological polar surface area (TPSA) is 96.5 Å². The molecule has 0 radical (unpaired) electrons. The molecular weight excluding hydrogens is 419 g/mol. The fourth-order valence-corrected chi connectivity index (χ4v) is 3.43. The van der Waals surface area contributed by atoms with Crippen molar-refractivity contribution in [1.82, 2.24) is 24.9 Å². The van der Waals surface area contributed by atoms with E-state index in [1.165, 1.54) is 6.20 Å². The van der Waals surface area contributed by atoms with Crippen LogP contribution in [0.15, 0.2) is 49.2 Å². The van der Waals surface area contributed by atoms with Crippen LogP contribution in [0, 0.1) is 5.82 Å². The zero-order valence-electron chi connectivity index (χ0n) is 16.8. The van der Waals surface area contributed by atoms with Gasteiger partial charge in [0.15, 0.2) is 23.2 Å². The molecule has 0 aliphatic heterocycles. The fourth-order valence-electron chi connectivity index (χ4n) is 3.28. The minimum atomic E-state index is -0.630. The highest BCUT2D eigenvalue weighted by Crippen LogP contribution is 2.28. The molecule has 4 heterocycles. The molecule has 0 aliphatic carbocycles. The molecule has 4 aromatic rings. The zero-order chi connectivity index (χ0) is 21.8. The standard InChI is InChI=1S/C22H20ClFN6O/c1-13(19(31)6-2-4-14-5-3-7-25-9-14)29-22-18(24)12-28-21(30-22)17-11-27-20-16(17)8-15(23)10-26-20/h3,5,7-13H,2,4,6H2,1H3,(H,26,27)(H,28,29,30)/t13-/m0/s1. The van der Waals surface area contributed by atoms with Crippen molar-refractivity contribution in [3.8, 4) is 11.4 Å². The summed E-state index contributed by atoms with van der Waals surface area (Å²) in [5.74, 6) is -0.376. The number of halogens is 2. The van der Waals surface area contributed by atoms with Gasteiger partial charge in [0.2, 0.25) is 0 Å². The lowest BCUT2D eigenvalue weighted by Crippen LogP contribution is -2.27. The van der Waals surface area contributed by atoms with Crippen LogP contribution in [0.3, 0.4) is 0 Å². The number of hydrogen-bond donors (Lipinski definition) is 2. The first-order chi connectivity index (χ1) is 15.0. The number of aromatic amines is 1. The van der Waals surface area contributed by atoms with E-state index in [1.54, 1.807) is 31.6 Å². The summed E-state index contributed by atoms with van der Waals surface area (Å²) in [6, 6.07) is 4.99. The van der Waals surface area contributed by atoms with Crippen LogP contribution in [-0.4, -0.2) is 36.7 Å². The maximum absolute atomic E-state index is 14.3. The molecule has 0 saturated heterocycles. The van der Waals surface area contributed by atoms with E-state index in [4.69, 9.17) is 11.6 Å². The molecule has 4 aromatic heterocycles. The monoisotopic (exact) mass is 438 g/mol. The fraction of sp³-hybridized carbons (Fsp3) is 0.227. The van der Waals surface area contributed by atoms with E-state index < -0.39 is 11.9 Å². The molecule has 7 nitrogen and oxygen atoms in total. The Morgan fingerprint density at radius 1 is 1.29 bits per heavy atom. The SMILES string of the molecule is C[C@H](Nc1nc(-c2c[nH]c3ncc(Cl)cc23)ncc1F)C(=O)CCCc1cccnc1. The highest BCUT2D eigenvalue weighted by Gasteiger charge is 2.18. The number of H-pyrrole nitrogens is 1. The van der Waals surface area contributed by atoms with E-state index in [2.05, 4.69) is 30.2 Å². The van der Waals surface area contributed by atoms with Crippen LogP contribution in [-0.2, 0) is 11.2 Å². The Balaban J connectivity index is 1.45. The van der Waals surface area contributed by atoms with Crippen molar-refractivity contribution < 1.29 is 9.18 Å². The summed E-state index contributed by atoms with van der Waals surface area (Å²) in [6.45, 7) is 1.70. The summed E-state index contributed by atoms with van der Waals surface area (Å²) in [5, 5.41) is 4.08. The van der Waals surface area contributed by atoms with E-state index in [9.17, 15) is 9.18 Å². The minimum Gasteiger partial charge on any atom is -0.358 e. The molecule has 0 aromatic carbocycles. The van der Waals surface area contributed by atoms with Crippen molar-refractivity contribution in [2.24, 2.45) is 0 Å². The first kappa shape index (κ1) is 20.9. The molecular formula is C22H20ClFN6O. The summed E-state index contributed by atoms with van der Waals surface area (Å²) >= 11 is 6.05. The van der Waals surface area contributed by atoms with Crippen LogP contribution in [0.1, 0.15) is 25.3 Å². The molecule has 0 fully saturated rings. The van der Waals surface area contributed by atoms with Gasteiger partial charge in [-0.2, -0.15) is 0 Å². The molecule has 0 aliphatic rings. The van der Waals surface area contributed by atoms with Crippen LogP contribution < -0.4 is 5.32 Å². The molecule has 0 bridgehead atoms. The maximum atomic E-state index is 14.3. The predicted molar refractivity (Wildman–Crippen MR) is 117 cm³/mol. The largest absolute Gasteiger partial charge is 0.358 e. The number of carbonyl (C=O) groups is 1. The number of Topliss-reactive ketones (excluding diaryl/α,β-unsaturated/α-hetero) is 1. The van der Waals surface area contributed by atoms with Crippen molar-refractivity contribution in [1.29, 1.82) is 0 Å². The molecule has 4 rings (SSSR count). The third-order valence-electron chi connectivity index (χ3n) is 4.93. The van der Waals surface area contributed by atoms with E-state index in [0.29, 0.717) is 34.9 Å². The second kappa shape index (κ2) is 9.18. The highest BCUT2D eigenvalue weighted by atomic mass is 35.5. The third-order valence-corrected chi connectivity index (χ3v) is 5.14. The van der Waals surface area contributed by atoms with Gasteiger partial charge in [-0.15, -0.1) is 0 Å². The van der Waals surface area contributed by atoms with Crippen LogP contribution >= 0.6 is 11.6 Å². The molecule has 31 heavy (non-hydrogen) atoms. The van der Waals surface area contributed by atoms with Crippen molar-refractivity contribution >= 4 is 34.2 Å². The number of carbonyl (C=O) groups excluding carboxylic acids is 1. The van der Waals surface area contributed by atoms with E-state index in [0.717, 1.165) is 23.6 Å². The summed E-state index contributed by atoms with van der Waals surface area (Å²) in [7, 11) is 0. The lowest BCUT2D eigenvalue weighted by Gasteiger charge is -2.14. The maximum Gasteiger partial charge on any atom is 0.183 e. The lowest BCUT2D eigenvalue weighted by atomic mass is 10.0. The highest BCUT2D eigenvalue weighted by molar-refractivity contribution is 6.31. The molecule has 158 valence electrons. The Labute approximate surface area is 183 Å². The molecule has 2 N–H and O–H groups in total. The third kappa shape index (κ3) is 4.86. The Kier molecular flexibility index (Phi) is 6.18. The van der Waals surface area contributed by atoms with Gasteiger partial charge in [-0.05, 0) is 37.5 Å². The van der Waals surface area contributed by atoms with Gasteiger partial charge in [-0.1, -0.05) is 17.7 Å². The minimum absolute atomic E-state index is 0.0217. The zero-order valence-corrected chi connectivity index (χ0v) is 17.5. The molecule has 9 heteroatoms. The second-order valence-corrected chi connectivity index (χ2v) is 7.63. The Bertz CT molecular complexity index is 1210. The van der Waals surface area contributed by atoms with Crippen LogP contribution in [0.4, 0.5) is 10.2 Å². The number of ketones is 1. The Hall–Kier alpha value is -3.39. The quantitative estimate of drug-likeness (QED) is 0.417. The summed E-state index contributed by atoms with van der Waals surface area (Å²) < 4.78 is 14.3. The van der Waals surface area contributed by atoms with Crippen LogP contribution in [0.25, 0.3) is 22.4 Å². The normalized spacial score (nSPS) is 12.1. The number of aromatic nitrogens is 5. The smallest absolute Gasteiger partial charge is 0.183 e. The second-order valence-electron chi connectivity index (χ2n) is 7.19. The van der Waals surface area contributed by atoms with Gasteiger partial charge >= 0.3 is 0 Å². The summed E-state index contributed by atoms with van der Waals surface area (Å²) in [6.07, 6.45) is 9.63. The average molecular weight is 439 g/mol. The molecule has 0 spiro atoms. The van der Waals surface area contributed by atoms with Crippen LogP contribution in [0.2, 0.25) is 5.02 Å². The number of fused-ring (bicyclic) bond motifs is 1. The number of nitrogens with zero attached hydrogens (tertiary/aromatic N) is 4. The molecule has 0 amide bonds. The van der Waals surface area contributed by atoms with Gasteiger partial charge in [0.1, 0.15) is 5.65 Å². The Morgan fingerprint density at radius 2 is 2.16 bits per heavy atom. The average Bonchev–Trinajstić information content (AvgIpc) is 3.19. The van der Waals surface area contributed by atoms with Gasteiger partial charge in [0, 0.05) is 42.2 Å². The van der Waals surface area contributed by atoms with Gasteiger partial charge in [-0.3, -0.25) is 9.78 Å². The predicted octanol–water partition coefficient (Wildman–Crippen LogP) is 4.60. The van der Waals surface area contributed by atoms with Crippen molar-refractivity contribution in [3.05, 3.63) is 65.6 Å². The summed E-state index contributed by atoms with van der Waals surface area (Å²) in [5.41, 5.74) is 2.35. The molecule has 0 unspecified atom stereocenters. The van der Waals surface area contributed by atoms with Gasteiger partial charge < -0.3 is 10.3 Å². The van der Waals surface area contributed by atoms with E-state index >= 15 is 0 Å². The lowest BCUT2D eigenvalue weighted by molar-refractivity contribution is -0.119. The Morgan fingerprint density at radius 3 is 2.97 bits per heavy atom. The summed E-state index contributed by atoms with van der Waals surface area (Å²) in [4.78, 5) is 32.2. The van der Waals surface area contributed by atoms with Crippen molar-refractivity contribution in [3.63, 3.8) is 0 Å². The number of hydrogen-bond acceptors (Lipinski definition) is 6. The van der Waals surface area contributed by atoms with E-state index in [1.807, 2.05) is 12.1 Å². The van der Waals surface area contributed by atoms with Crippen molar-refractivity contribution in [2.75, 3.05) is 5.32 Å². The van der Waals surface area contributed by atoms with Gasteiger partial charge in [0.05, 0.1) is 17.3 Å². The number of aryl methyl sites for hydroxylation is 1. The molecule has 1 atom stereocenters. The number of nitrogens with one attached hydrogen (secondary N) is 2. The van der Waals surface area contributed by atoms with Gasteiger partial charge in [-0.25, -0.2) is 19.3 Å². The number of pyridine rings is 2. The van der Waals surface area contributed by atoms with E-state index in [-0.39, 0.29) is 11.6 Å². The van der Waals surface area contributed by atoms with Gasteiger partial charge in [0.25, 0.3) is 0 Å². The first-order valence-electron chi connectivity index (χ1n) is 9.85.